The van der Waals surface area contributed by atoms with Gasteiger partial charge in [-0.3, -0.25) is 0 Å². The molecule has 0 radical (unpaired) electrons. The Bertz CT molecular complexity index is 952. The van der Waals surface area contributed by atoms with Gasteiger partial charge in [0.05, 0.1) is 17.7 Å². The maximum Gasteiger partial charge on any atom is 1.00 e. The van der Waals surface area contributed by atoms with Crippen LogP contribution in [0.3, 0.4) is 0 Å². The predicted molar refractivity (Wildman–Crippen MR) is 169 cm³/mol. The number of carbonyl (C=O) groups is 2. The average molecular weight is 633 g/mol. The van der Waals surface area contributed by atoms with Crippen molar-refractivity contribution in [2.24, 2.45) is 0 Å². The van der Waals surface area contributed by atoms with E-state index in [9.17, 15) is 22.6 Å². The number of ether oxygens (including phenoxy) is 2. The summed E-state index contributed by atoms with van der Waals surface area (Å²) in [4.78, 5) is 24.7. The Labute approximate surface area is 284 Å². The molecule has 1 rings (SSSR count). The minimum absolute atomic E-state index is 0. The summed E-state index contributed by atoms with van der Waals surface area (Å²) in [6, 6.07) is 5.83. The molecule has 1 atom stereocenters. The van der Waals surface area contributed by atoms with E-state index in [0.717, 1.165) is 26.2 Å². The molecule has 0 aliphatic rings. The Balaban J connectivity index is 0.0000176. The Hall–Kier alpha value is -0.930. The van der Waals surface area contributed by atoms with E-state index < -0.39 is 27.5 Å². The number of hydrogen-bond acceptors (Lipinski definition) is 7. The molecule has 0 saturated heterocycles. The van der Waals surface area contributed by atoms with Crippen LogP contribution in [-0.2, 0) is 19.6 Å². The molecule has 7 nitrogen and oxygen atoms in total. The number of hydrogen-bond donors (Lipinski definition) is 0. The maximum absolute atomic E-state index is 12.5. The first-order chi connectivity index (χ1) is 20.3. The second kappa shape index (κ2) is 27.4. The van der Waals surface area contributed by atoms with Gasteiger partial charge in [0.2, 0.25) is 0 Å². The molecule has 0 aliphatic heterocycles. The molecule has 0 bridgehead atoms. The summed E-state index contributed by atoms with van der Waals surface area (Å²) in [6.45, 7) is 3.49. The first kappa shape index (κ1) is 42.1. The normalized spacial score (nSPS) is 12.0. The molecule has 0 fully saturated rings. The van der Waals surface area contributed by atoms with E-state index in [0.29, 0.717) is 0 Å². The van der Waals surface area contributed by atoms with E-state index in [1.54, 1.807) is 6.07 Å². The number of esters is 2. The third-order valence-electron chi connectivity index (χ3n) is 7.78. The number of benzene rings is 1. The number of rotatable bonds is 27. The molecule has 0 aliphatic carbocycles. The Morgan fingerprint density at radius 1 is 0.628 bits per heavy atom. The molecule has 9 heteroatoms. The van der Waals surface area contributed by atoms with Gasteiger partial charge >= 0.3 is 41.5 Å². The van der Waals surface area contributed by atoms with Crippen LogP contribution in [0.1, 0.15) is 176 Å². The van der Waals surface area contributed by atoms with Crippen LogP contribution in [0, 0.1) is 0 Å². The summed E-state index contributed by atoms with van der Waals surface area (Å²) in [5, 5.41) is 0. The zero-order chi connectivity index (χ0) is 30.9. The van der Waals surface area contributed by atoms with Crippen LogP contribution < -0.4 is 29.6 Å². The molecule has 0 spiro atoms. The van der Waals surface area contributed by atoms with E-state index in [2.05, 4.69) is 6.92 Å². The first-order valence-corrected chi connectivity index (χ1v) is 18.2. The topological polar surface area (TPSA) is 110 Å². The summed E-state index contributed by atoms with van der Waals surface area (Å²) in [5.41, 5.74) is -2.00. The summed E-state index contributed by atoms with van der Waals surface area (Å²) in [5.74, 6) is -1.73. The van der Waals surface area contributed by atoms with Crippen LogP contribution in [0.4, 0.5) is 0 Å². The molecule has 1 unspecified atom stereocenters. The van der Waals surface area contributed by atoms with Crippen molar-refractivity contribution < 1.29 is 61.6 Å². The van der Waals surface area contributed by atoms with Crippen molar-refractivity contribution in [1.29, 1.82) is 0 Å². The third-order valence-corrected chi connectivity index (χ3v) is 8.69. The van der Waals surface area contributed by atoms with Gasteiger partial charge in [-0.05, 0) is 25.5 Å². The molecular weight excluding hydrogens is 575 g/mol. The van der Waals surface area contributed by atoms with Gasteiger partial charge in [-0.25, -0.2) is 18.0 Å². The van der Waals surface area contributed by atoms with E-state index in [-0.39, 0.29) is 47.3 Å². The monoisotopic (exact) mass is 632 g/mol. The largest absolute Gasteiger partial charge is 1.00 e. The van der Waals surface area contributed by atoms with Crippen molar-refractivity contribution in [3.05, 3.63) is 35.4 Å². The van der Waals surface area contributed by atoms with Crippen LogP contribution in [0.2, 0.25) is 0 Å². The maximum atomic E-state index is 12.5. The Morgan fingerprint density at radius 3 is 1.30 bits per heavy atom. The minimum Gasteiger partial charge on any atom is -0.745 e. The SMILES string of the molecule is CCCCCCCCCCCCCCCCCCCCCCCCOC(=O)c1ccccc1C(=O)OC(C)S(=O)(=O)[O-].[Na+]. The molecule has 0 amide bonds. The zero-order valence-electron chi connectivity index (χ0n) is 27.4. The fourth-order valence-electron chi connectivity index (χ4n) is 5.07. The van der Waals surface area contributed by atoms with Gasteiger partial charge < -0.3 is 14.0 Å². The molecule has 242 valence electrons. The van der Waals surface area contributed by atoms with E-state index in [1.165, 1.54) is 140 Å². The van der Waals surface area contributed by atoms with Crippen molar-refractivity contribution in [3.8, 4) is 0 Å². The first-order valence-electron chi connectivity index (χ1n) is 16.7. The zero-order valence-corrected chi connectivity index (χ0v) is 30.2. The van der Waals surface area contributed by atoms with Gasteiger partial charge in [0, 0.05) is 0 Å². The van der Waals surface area contributed by atoms with Crippen LogP contribution in [0.5, 0.6) is 0 Å². The second-order valence-electron chi connectivity index (χ2n) is 11.6. The van der Waals surface area contributed by atoms with Crippen molar-refractivity contribution in [3.63, 3.8) is 0 Å². The van der Waals surface area contributed by atoms with Gasteiger partial charge in [-0.15, -0.1) is 0 Å². The molecule has 0 heterocycles. The molecule has 43 heavy (non-hydrogen) atoms. The van der Waals surface area contributed by atoms with Crippen molar-refractivity contribution in [2.45, 2.75) is 161 Å². The van der Waals surface area contributed by atoms with Crippen LogP contribution >= 0.6 is 0 Å². The second-order valence-corrected chi connectivity index (χ2v) is 13.2. The molecular formula is C34H57NaO7S. The molecule has 0 N–H and O–H groups in total. The van der Waals surface area contributed by atoms with Crippen molar-refractivity contribution >= 4 is 22.1 Å². The minimum atomic E-state index is -4.79. The quantitative estimate of drug-likeness (QED) is 0.0471. The van der Waals surface area contributed by atoms with E-state index in [1.807, 2.05) is 0 Å². The van der Waals surface area contributed by atoms with Gasteiger partial charge in [0.1, 0.15) is 10.1 Å². The summed E-state index contributed by atoms with van der Waals surface area (Å²) < 4.78 is 43.0. The Kier molecular flexibility index (Phi) is 26.8. The van der Waals surface area contributed by atoms with Gasteiger partial charge in [-0.1, -0.05) is 154 Å². The molecule has 1 aromatic rings. The molecule has 1 aromatic carbocycles. The summed E-state index contributed by atoms with van der Waals surface area (Å²) in [7, 11) is -4.79. The van der Waals surface area contributed by atoms with E-state index in [4.69, 9.17) is 9.47 Å². The molecule has 0 saturated carbocycles. The predicted octanol–water partition coefficient (Wildman–Crippen LogP) is 6.50. The summed E-state index contributed by atoms with van der Waals surface area (Å²) in [6.07, 6.45) is 28.8. The third kappa shape index (κ3) is 22.3. The standard InChI is InChI=1S/C34H58O7S.Na/c1-3-4-5-6-7-8-9-10-11-12-13-14-15-16-17-18-19-20-21-22-23-26-29-40-33(35)31-27-24-25-28-32(31)34(36)41-30(2)42(37,38)39;/h24-25,27-28,30H,3-23,26,29H2,1-2H3,(H,37,38,39);/q;+1/p-1. The summed E-state index contributed by atoms with van der Waals surface area (Å²) >= 11 is 0. The van der Waals surface area contributed by atoms with Gasteiger partial charge in [-0.2, -0.15) is 0 Å². The number of unbranched alkanes of at least 4 members (excludes halogenated alkanes) is 21. The van der Waals surface area contributed by atoms with E-state index >= 15 is 0 Å². The fraction of sp³-hybridized carbons (Fsp3) is 0.765. The molecule has 0 aromatic heterocycles. The van der Waals surface area contributed by atoms with Crippen molar-refractivity contribution in [2.75, 3.05) is 6.61 Å². The van der Waals surface area contributed by atoms with Crippen LogP contribution in [0.25, 0.3) is 0 Å². The van der Waals surface area contributed by atoms with Gasteiger partial charge in [0.15, 0.2) is 5.44 Å². The average Bonchev–Trinajstić information content (AvgIpc) is 2.96. The Morgan fingerprint density at radius 2 is 0.953 bits per heavy atom. The smallest absolute Gasteiger partial charge is 0.745 e. The van der Waals surface area contributed by atoms with Gasteiger partial charge in [0.25, 0.3) is 0 Å². The number of carbonyl (C=O) groups excluding carboxylic acids is 2. The van der Waals surface area contributed by atoms with Crippen molar-refractivity contribution in [1.82, 2.24) is 0 Å². The van der Waals surface area contributed by atoms with Crippen LogP contribution in [-0.4, -0.2) is 37.0 Å². The fourth-order valence-corrected chi connectivity index (χ4v) is 5.27. The van der Waals surface area contributed by atoms with Crippen LogP contribution in [0.15, 0.2) is 24.3 Å².